The van der Waals surface area contributed by atoms with Gasteiger partial charge in [0.25, 0.3) is 5.91 Å². The number of hydrogen-bond donors (Lipinski definition) is 3. The lowest BCUT2D eigenvalue weighted by Crippen LogP contribution is -2.14. The van der Waals surface area contributed by atoms with Gasteiger partial charge in [-0.2, -0.15) is 5.26 Å². The van der Waals surface area contributed by atoms with E-state index in [0.717, 1.165) is 5.69 Å². The Morgan fingerprint density at radius 2 is 1.84 bits per heavy atom. The normalized spacial score (nSPS) is 9.63. The predicted octanol–water partition coefficient (Wildman–Crippen LogP) is 1.98. The third-order valence-corrected chi connectivity index (χ3v) is 2.66. The van der Waals surface area contributed by atoms with Gasteiger partial charge in [0.2, 0.25) is 0 Å². The molecule has 0 bridgehead atoms. The molecule has 19 heavy (non-hydrogen) atoms. The molecule has 0 atom stereocenters. The van der Waals surface area contributed by atoms with E-state index in [0.29, 0.717) is 16.9 Å². The van der Waals surface area contributed by atoms with Crippen molar-refractivity contribution >= 4 is 23.0 Å². The zero-order valence-electron chi connectivity index (χ0n) is 10.1. The number of rotatable bonds is 3. The summed E-state index contributed by atoms with van der Waals surface area (Å²) in [6.07, 6.45) is 0. The van der Waals surface area contributed by atoms with Crippen molar-refractivity contribution in [3.63, 3.8) is 0 Å². The highest BCUT2D eigenvalue weighted by atomic mass is 16.1. The van der Waals surface area contributed by atoms with Crippen LogP contribution in [0.25, 0.3) is 0 Å². The first kappa shape index (κ1) is 12.5. The third-order valence-electron chi connectivity index (χ3n) is 2.66. The Balaban J connectivity index is 2.30. The maximum absolute atomic E-state index is 11.2. The molecule has 0 aliphatic heterocycles. The number of para-hydroxylation sites is 1. The molecule has 0 aliphatic rings. The number of nitriles is 1. The molecular weight excluding hydrogens is 240 g/mol. The van der Waals surface area contributed by atoms with E-state index < -0.39 is 5.91 Å². The number of carbonyl (C=O) groups excluding carboxylic acids is 1. The van der Waals surface area contributed by atoms with Crippen LogP contribution in [0.2, 0.25) is 0 Å². The second-order valence-corrected chi connectivity index (χ2v) is 3.95. The minimum absolute atomic E-state index is 0.277. The number of nitrogens with one attached hydrogen (secondary N) is 1. The Kier molecular flexibility index (Phi) is 3.35. The average molecular weight is 252 g/mol. The molecule has 5 N–H and O–H groups in total. The van der Waals surface area contributed by atoms with Crippen molar-refractivity contribution < 1.29 is 4.79 Å². The van der Waals surface area contributed by atoms with Crippen molar-refractivity contribution in [3.8, 4) is 6.07 Å². The van der Waals surface area contributed by atoms with Crippen molar-refractivity contribution in [1.29, 1.82) is 5.26 Å². The molecule has 1 amide bonds. The molecule has 0 heterocycles. The van der Waals surface area contributed by atoms with Gasteiger partial charge in [-0.25, -0.2) is 0 Å². The summed E-state index contributed by atoms with van der Waals surface area (Å²) in [7, 11) is 0. The SMILES string of the molecule is N#Cc1ccc(Nc2cccc(C(N)=O)c2N)cc1. The van der Waals surface area contributed by atoms with E-state index in [9.17, 15) is 4.79 Å². The molecule has 2 aromatic carbocycles. The summed E-state index contributed by atoms with van der Waals surface area (Å²) in [6.45, 7) is 0. The summed E-state index contributed by atoms with van der Waals surface area (Å²) < 4.78 is 0. The van der Waals surface area contributed by atoms with Crippen LogP contribution in [0.1, 0.15) is 15.9 Å². The monoisotopic (exact) mass is 252 g/mol. The van der Waals surface area contributed by atoms with E-state index >= 15 is 0 Å². The van der Waals surface area contributed by atoms with Crippen molar-refractivity contribution in [2.45, 2.75) is 0 Å². The fourth-order valence-corrected chi connectivity index (χ4v) is 1.67. The first-order chi connectivity index (χ1) is 9.11. The topological polar surface area (TPSA) is 105 Å². The number of benzene rings is 2. The van der Waals surface area contributed by atoms with Gasteiger partial charge in [-0.05, 0) is 36.4 Å². The molecule has 2 rings (SSSR count). The molecule has 94 valence electrons. The van der Waals surface area contributed by atoms with Crippen LogP contribution in [0, 0.1) is 11.3 Å². The van der Waals surface area contributed by atoms with Crippen LogP contribution in [-0.4, -0.2) is 5.91 Å². The zero-order chi connectivity index (χ0) is 13.8. The molecule has 0 radical (unpaired) electrons. The largest absolute Gasteiger partial charge is 0.396 e. The smallest absolute Gasteiger partial charge is 0.250 e. The van der Waals surface area contributed by atoms with Gasteiger partial charge in [0.1, 0.15) is 0 Å². The molecule has 0 fully saturated rings. The predicted molar refractivity (Wildman–Crippen MR) is 73.8 cm³/mol. The highest BCUT2D eigenvalue weighted by molar-refractivity contribution is 6.01. The first-order valence-electron chi connectivity index (χ1n) is 5.57. The second kappa shape index (κ2) is 5.10. The van der Waals surface area contributed by atoms with E-state index in [1.165, 1.54) is 0 Å². The van der Waals surface area contributed by atoms with Gasteiger partial charge in [-0.1, -0.05) is 6.07 Å². The van der Waals surface area contributed by atoms with E-state index in [2.05, 4.69) is 5.32 Å². The number of hydrogen-bond acceptors (Lipinski definition) is 4. The summed E-state index contributed by atoms with van der Waals surface area (Å²) in [6, 6.07) is 14.0. The summed E-state index contributed by atoms with van der Waals surface area (Å²) in [4.78, 5) is 11.2. The minimum atomic E-state index is -0.569. The van der Waals surface area contributed by atoms with Gasteiger partial charge < -0.3 is 16.8 Å². The van der Waals surface area contributed by atoms with Gasteiger partial charge in [0.05, 0.1) is 28.6 Å². The molecule has 0 saturated heterocycles. The highest BCUT2D eigenvalue weighted by Crippen LogP contribution is 2.26. The highest BCUT2D eigenvalue weighted by Gasteiger charge is 2.09. The molecule has 5 heteroatoms. The number of anilines is 3. The minimum Gasteiger partial charge on any atom is -0.396 e. The Morgan fingerprint density at radius 3 is 2.42 bits per heavy atom. The lowest BCUT2D eigenvalue weighted by molar-refractivity contribution is 0.100. The van der Waals surface area contributed by atoms with Crippen LogP contribution < -0.4 is 16.8 Å². The number of amides is 1. The Morgan fingerprint density at radius 1 is 1.16 bits per heavy atom. The molecule has 0 unspecified atom stereocenters. The maximum Gasteiger partial charge on any atom is 0.250 e. The van der Waals surface area contributed by atoms with E-state index in [-0.39, 0.29) is 5.56 Å². The van der Waals surface area contributed by atoms with Crippen molar-refractivity contribution in [1.82, 2.24) is 0 Å². The van der Waals surface area contributed by atoms with Crippen LogP contribution in [0.3, 0.4) is 0 Å². The Labute approximate surface area is 110 Å². The van der Waals surface area contributed by atoms with Crippen LogP contribution in [-0.2, 0) is 0 Å². The summed E-state index contributed by atoms with van der Waals surface area (Å²) in [5.74, 6) is -0.569. The fourth-order valence-electron chi connectivity index (χ4n) is 1.67. The van der Waals surface area contributed by atoms with Gasteiger partial charge in [-0.3, -0.25) is 4.79 Å². The summed E-state index contributed by atoms with van der Waals surface area (Å²) in [5.41, 5.74) is 13.6. The Hall–Kier alpha value is -3.00. The van der Waals surface area contributed by atoms with Crippen LogP contribution >= 0.6 is 0 Å². The summed E-state index contributed by atoms with van der Waals surface area (Å²) in [5, 5.41) is 11.8. The molecule has 0 saturated carbocycles. The molecule has 0 spiro atoms. The number of primary amides is 1. The van der Waals surface area contributed by atoms with Crippen LogP contribution in [0.5, 0.6) is 0 Å². The number of nitrogen functional groups attached to an aromatic ring is 1. The number of nitrogens with two attached hydrogens (primary N) is 2. The molecule has 5 nitrogen and oxygen atoms in total. The zero-order valence-corrected chi connectivity index (χ0v) is 10.1. The molecular formula is C14H12N4O. The van der Waals surface area contributed by atoms with Gasteiger partial charge in [0, 0.05) is 5.69 Å². The van der Waals surface area contributed by atoms with Gasteiger partial charge in [-0.15, -0.1) is 0 Å². The van der Waals surface area contributed by atoms with Crippen LogP contribution in [0.4, 0.5) is 17.1 Å². The first-order valence-corrected chi connectivity index (χ1v) is 5.57. The fraction of sp³-hybridized carbons (Fsp3) is 0. The van der Waals surface area contributed by atoms with Crippen molar-refractivity contribution in [3.05, 3.63) is 53.6 Å². The number of carbonyl (C=O) groups is 1. The summed E-state index contributed by atoms with van der Waals surface area (Å²) >= 11 is 0. The molecule has 0 aromatic heterocycles. The van der Waals surface area contributed by atoms with Crippen molar-refractivity contribution in [2.75, 3.05) is 11.1 Å². The number of nitrogens with zero attached hydrogens (tertiary/aromatic N) is 1. The third kappa shape index (κ3) is 2.64. The lowest BCUT2D eigenvalue weighted by atomic mass is 10.1. The molecule has 2 aromatic rings. The second-order valence-electron chi connectivity index (χ2n) is 3.95. The van der Waals surface area contributed by atoms with Gasteiger partial charge in [0.15, 0.2) is 0 Å². The standard InChI is InChI=1S/C14H12N4O/c15-8-9-4-6-10(7-5-9)18-12-3-1-2-11(13(12)16)14(17)19/h1-7,18H,16H2,(H2,17,19). The molecule has 0 aliphatic carbocycles. The van der Waals surface area contributed by atoms with E-state index in [1.807, 2.05) is 6.07 Å². The maximum atomic E-state index is 11.2. The van der Waals surface area contributed by atoms with Gasteiger partial charge >= 0.3 is 0 Å². The van der Waals surface area contributed by atoms with E-state index in [1.54, 1.807) is 42.5 Å². The van der Waals surface area contributed by atoms with Crippen molar-refractivity contribution in [2.24, 2.45) is 5.73 Å². The lowest BCUT2D eigenvalue weighted by Gasteiger charge is -2.11. The average Bonchev–Trinajstić information content (AvgIpc) is 2.41. The van der Waals surface area contributed by atoms with Crippen LogP contribution in [0.15, 0.2) is 42.5 Å². The quantitative estimate of drug-likeness (QED) is 0.726. The Bertz CT molecular complexity index is 656. The van der Waals surface area contributed by atoms with E-state index in [4.69, 9.17) is 16.7 Å².